The summed E-state index contributed by atoms with van der Waals surface area (Å²) in [7, 11) is 0.443. The molecule has 6 heteroatoms. The molecule has 0 aromatic carbocycles. The SMILES string of the molecule is Cc1cc(S(=O)(=O)NCC(C)(C)CN(C)C)c(C)o1. The molecular formula is C13H24N2O3S. The van der Waals surface area contributed by atoms with Crippen molar-refractivity contribution < 1.29 is 12.8 Å². The summed E-state index contributed by atoms with van der Waals surface area (Å²) in [6, 6.07) is 1.55. The highest BCUT2D eigenvalue weighted by atomic mass is 32.2. The third-order valence-electron chi connectivity index (χ3n) is 2.77. The summed E-state index contributed by atoms with van der Waals surface area (Å²) >= 11 is 0. The third-order valence-corrected chi connectivity index (χ3v) is 4.28. The lowest BCUT2D eigenvalue weighted by molar-refractivity contribution is 0.242. The van der Waals surface area contributed by atoms with E-state index in [1.807, 2.05) is 32.8 Å². The molecule has 19 heavy (non-hydrogen) atoms. The average Bonchev–Trinajstić information content (AvgIpc) is 2.54. The van der Waals surface area contributed by atoms with E-state index in [4.69, 9.17) is 4.42 Å². The number of hydrogen-bond donors (Lipinski definition) is 1. The molecule has 110 valence electrons. The summed E-state index contributed by atoms with van der Waals surface area (Å²) in [4.78, 5) is 2.27. The van der Waals surface area contributed by atoms with Gasteiger partial charge in [0, 0.05) is 13.1 Å². The van der Waals surface area contributed by atoms with Gasteiger partial charge in [-0.2, -0.15) is 0 Å². The first-order valence-corrected chi connectivity index (χ1v) is 7.73. The Balaban J connectivity index is 2.79. The van der Waals surface area contributed by atoms with Crippen molar-refractivity contribution in [2.75, 3.05) is 27.2 Å². The van der Waals surface area contributed by atoms with Crippen molar-refractivity contribution >= 4 is 10.0 Å². The fraction of sp³-hybridized carbons (Fsp3) is 0.692. The van der Waals surface area contributed by atoms with Gasteiger partial charge in [0.15, 0.2) is 0 Å². The highest BCUT2D eigenvalue weighted by Gasteiger charge is 2.25. The van der Waals surface area contributed by atoms with Crippen LogP contribution in [0.2, 0.25) is 0 Å². The number of aryl methyl sites for hydroxylation is 2. The van der Waals surface area contributed by atoms with Gasteiger partial charge in [0.25, 0.3) is 0 Å². The number of hydrogen-bond acceptors (Lipinski definition) is 4. The zero-order chi connectivity index (χ0) is 14.8. The molecule has 0 aliphatic heterocycles. The minimum Gasteiger partial charge on any atom is -0.465 e. The molecule has 0 bridgehead atoms. The van der Waals surface area contributed by atoms with Crippen LogP contribution in [0.25, 0.3) is 0 Å². The van der Waals surface area contributed by atoms with Crippen LogP contribution < -0.4 is 4.72 Å². The lowest BCUT2D eigenvalue weighted by atomic mass is 9.93. The smallest absolute Gasteiger partial charge is 0.244 e. The molecule has 1 aromatic heterocycles. The zero-order valence-corrected chi connectivity index (χ0v) is 13.4. The minimum absolute atomic E-state index is 0.136. The molecule has 0 fully saturated rings. The van der Waals surface area contributed by atoms with Crippen LogP contribution in [0.5, 0.6) is 0 Å². The molecule has 5 nitrogen and oxygen atoms in total. The van der Waals surface area contributed by atoms with Crippen LogP contribution in [0.15, 0.2) is 15.4 Å². The maximum atomic E-state index is 12.2. The lowest BCUT2D eigenvalue weighted by Gasteiger charge is -2.28. The molecule has 0 spiro atoms. The van der Waals surface area contributed by atoms with E-state index in [-0.39, 0.29) is 10.3 Å². The van der Waals surface area contributed by atoms with Crippen molar-refractivity contribution in [3.63, 3.8) is 0 Å². The van der Waals surface area contributed by atoms with Crippen molar-refractivity contribution in [2.24, 2.45) is 5.41 Å². The van der Waals surface area contributed by atoms with Crippen molar-refractivity contribution in [1.29, 1.82) is 0 Å². The van der Waals surface area contributed by atoms with E-state index >= 15 is 0 Å². The average molecular weight is 288 g/mol. The maximum absolute atomic E-state index is 12.2. The molecular weight excluding hydrogens is 264 g/mol. The van der Waals surface area contributed by atoms with E-state index in [0.717, 1.165) is 6.54 Å². The van der Waals surface area contributed by atoms with Crippen LogP contribution >= 0.6 is 0 Å². The van der Waals surface area contributed by atoms with Gasteiger partial charge in [-0.1, -0.05) is 13.8 Å². The van der Waals surface area contributed by atoms with Crippen LogP contribution in [-0.4, -0.2) is 40.5 Å². The Bertz CT molecular complexity index is 530. The Kier molecular flexibility index (Phi) is 4.81. The predicted molar refractivity (Wildman–Crippen MR) is 75.7 cm³/mol. The molecule has 1 rings (SSSR count). The van der Waals surface area contributed by atoms with E-state index in [2.05, 4.69) is 4.72 Å². The number of rotatable bonds is 6. The quantitative estimate of drug-likeness (QED) is 0.866. The number of furan rings is 1. The van der Waals surface area contributed by atoms with Crippen LogP contribution in [0.1, 0.15) is 25.4 Å². The Morgan fingerprint density at radius 1 is 1.32 bits per heavy atom. The Labute approximate surface area is 116 Å². The predicted octanol–water partition coefficient (Wildman–Crippen LogP) is 1.76. The van der Waals surface area contributed by atoms with Gasteiger partial charge in [-0.25, -0.2) is 13.1 Å². The van der Waals surface area contributed by atoms with Crippen molar-refractivity contribution in [1.82, 2.24) is 9.62 Å². The molecule has 0 saturated carbocycles. The Morgan fingerprint density at radius 2 is 1.89 bits per heavy atom. The van der Waals surface area contributed by atoms with Crippen LogP contribution in [-0.2, 0) is 10.0 Å². The third kappa shape index (κ3) is 4.63. The number of nitrogens with zero attached hydrogens (tertiary/aromatic N) is 1. The van der Waals surface area contributed by atoms with E-state index in [1.54, 1.807) is 19.9 Å². The van der Waals surface area contributed by atoms with Crippen molar-refractivity contribution in [3.05, 3.63) is 17.6 Å². The normalized spacial score (nSPS) is 13.2. The second kappa shape index (κ2) is 5.64. The zero-order valence-electron chi connectivity index (χ0n) is 12.6. The topological polar surface area (TPSA) is 62.6 Å². The van der Waals surface area contributed by atoms with E-state index in [9.17, 15) is 8.42 Å². The maximum Gasteiger partial charge on any atom is 0.244 e. The van der Waals surface area contributed by atoms with Crippen molar-refractivity contribution in [2.45, 2.75) is 32.6 Å². The monoisotopic (exact) mass is 288 g/mol. The Morgan fingerprint density at radius 3 is 2.32 bits per heavy atom. The molecule has 1 aromatic rings. The van der Waals surface area contributed by atoms with Crippen molar-refractivity contribution in [3.8, 4) is 0 Å². The first-order valence-electron chi connectivity index (χ1n) is 6.25. The summed E-state index contributed by atoms with van der Waals surface area (Å²) in [5.41, 5.74) is -0.136. The summed E-state index contributed by atoms with van der Waals surface area (Å²) in [5, 5.41) is 0. The highest BCUT2D eigenvalue weighted by molar-refractivity contribution is 7.89. The van der Waals surface area contributed by atoms with Gasteiger partial charge in [0.1, 0.15) is 16.4 Å². The van der Waals surface area contributed by atoms with Gasteiger partial charge >= 0.3 is 0 Å². The molecule has 0 unspecified atom stereocenters. The summed E-state index contributed by atoms with van der Waals surface area (Å²) < 4.78 is 32.4. The largest absolute Gasteiger partial charge is 0.465 e. The standard InChI is InChI=1S/C13H24N2O3S/c1-10-7-12(11(2)18-10)19(16,17)14-8-13(3,4)9-15(5)6/h7,14H,8-9H2,1-6H3. The van der Waals surface area contributed by atoms with E-state index in [1.165, 1.54) is 0 Å². The van der Waals surface area contributed by atoms with Gasteiger partial charge in [-0.05, 0) is 39.4 Å². The first kappa shape index (κ1) is 16.2. The number of sulfonamides is 1. The molecule has 0 aliphatic carbocycles. The van der Waals surface area contributed by atoms with Gasteiger partial charge in [-0.3, -0.25) is 0 Å². The molecule has 0 aliphatic rings. The fourth-order valence-electron chi connectivity index (χ4n) is 2.15. The molecule has 0 radical (unpaired) electrons. The highest BCUT2D eigenvalue weighted by Crippen LogP contribution is 2.21. The molecule has 0 atom stereocenters. The molecule has 1 N–H and O–H groups in total. The minimum atomic E-state index is -3.50. The van der Waals surface area contributed by atoms with E-state index < -0.39 is 10.0 Å². The molecule has 1 heterocycles. The van der Waals surface area contributed by atoms with Crippen LogP contribution in [0.3, 0.4) is 0 Å². The first-order chi connectivity index (χ1) is 8.53. The fourth-order valence-corrected chi connectivity index (χ4v) is 3.63. The van der Waals surface area contributed by atoms with Gasteiger partial charge < -0.3 is 9.32 Å². The summed E-state index contributed by atoms with van der Waals surface area (Å²) in [5.74, 6) is 1.03. The van der Waals surface area contributed by atoms with Crippen LogP contribution in [0.4, 0.5) is 0 Å². The molecule has 0 saturated heterocycles. The van der Waals surface area contributed by atoms with Gasteiger partial charge in [-0.15, -0.1) is 0 Å². The van der Waals surface area contributed by atoms with Gasteiger partial charge in [0.2, 0.25) is 10.0 Å². The Hall–Kier alpha value is -0.850. The summed E-state index contributed by atoms with van der Waals surface area (Å²) in [6.45, 7) is 8.65. The summed E-state index contributed by atoms with van der Waals surface area (Å²) in [6.07, 6.45) is 0. The second-order valence-electron chi connectivity index (χ2n) is 6.00. The number of nitrogens with one attached hydrogen (secondary N) is 1. The second-order valence-corrected chi connectivity index (χ2v) is 7.74. The van der Waals surface area contributed by atoms with E-state index in [0.29, 0.717) is 18.1 Å². The lowest BCUT2D eigenvalue weighted by Crippen LogP contribution is -2.40. The van der Waals surface area contributed by atoms with Gasteiger partial charge in [0.05, 0.1) is 0 Å². The molecule has 0 amide bonds. The van der Waals surface area contributed by atoms with Crippen LogP contribution in [0, 0.1) is 19.3 Å².